The van der Waals surface area contributed by atoms with Gasteiger partial charge < -0.3 is 19.5 Å². The molecule has 42 heavy (non-hydrogen) atoms. The fourth-order valence-electron chi connectivity index (χ4n) is 4.96. The number of hydrogen-bond acceptors (Lipinski definition) is 8. The molecular formula is C29H26BrN7O5. The molecule has 0 saturated carbocycles. The number of imidazole rings is 1. The number of azo groups is 1. The summed E-state index contributed by atoms with van der Waals surface area (Å²) in [4.78, 5) is 31.8. The van der Waals surface area contributed by atoms with Gasteiger partial charge in [0.1, 0.15) is 18.5 Å². The maximum Gasteiger partial charge on any atom is 0.329 e. The summed E-state index contributed by atoms with van der Waals surface area (Å²) in [6, 6.07) is 20.9. The monoisotopic (exact) mass is 631 g/mol. The number of aryl methyl sites for hydroxylation is 2. The number of nitrogens with zero attached hydrogens (tertiary/aromatic N) is 6. The molecule has 0 aliphatic carbocycles. The van der Waals surface area contributed by atoms with Crippen molar-refractivity contribution in [3.05, 3.63) is 87.6 Å². The van der Waals surface area contributed by atoms with Gasteiger partial charge in [-0.2, -0.15) is 4.98 Å². The van der Waals surface area contributed by atoms with E-state index in [-0.39, 0.29) is 41.8 Å². The van der Waals surface area contributed by atoms with E-state index in [0.717, 1.165) is 16.3 Å². The van der Waals surface area contributed by atoms with Crippen molar-refractivity contribution in [2.75, 3.05) is 11.9 Å². The fraction of sp³-hybridized carbons (Fsp3) is 0.207. The Balaban J connectivity index is 1.36. The Bertz CT molecular complexity index is 2090. The van der Waals surface area contributed by atoms with Gasteiger partial charge in [0.15, 0.2) is 16.9 Å². The van der Waals surface area contributed by atoms with E-state index in [9.17, 15) is 19.8 Å². The van der Waals surface area contributed by atoms with Gasteiger partial charge >= 0.3 is 5.69 Å². The van der Waals surface area contributed by atoms with E-state index in [1.54, 1.807) is 4.57 Å². The third kappa shape index (κ3) is 4.97. The van der Waals surface area contributed by atoms with Gasteiger partial charge in [-0.25, -0.2) is 4.79 Å². The first-order chi connectivity index (χ1) is 20.4. The van der Waals surface area contributed by atoms with E-state index in [4.69, 9.17) is 4.74 Å². The first-order valence-electron chi connectivity index (χ1n) is 13.1. The van der Waals surface area contributed by atoms with Crippen molar-refractivity contribution in [3.63, 3.8) is 0 Å². The summed E-state index contributed by atoms with van der Waals surface area (Å²) in [7, 11) is 1.47. The predicted octanol–water partition coefficient (Wildman–Crippen LogP) is 4.49. The van der Waals surface area contributed by atoms with Gasteiger partial charge in [0.05, 0.1) is 12.1 Å². The van der Waals surface area contributed by atoms with E-state index in [0.29, 0.717) is 23.0 Å². The van der Waals surface area contributed by atoms with E-state index in [1.165, 1.54) is 16.2 Å². The van der Waals surface area contributed by atoms with Crippen LogP contribution in [0.3, 0.4) is 0 Å². The smallest absolute Gasteiger partial charge is 0.329 e. The molecule has 214 valence electrons. The number of aromatic hydroxyl groups is 1. The van der Waals surface area contributed by atoms with Crippen molar-refractivity contribution in [3.8, 4) is 11.6 Å². The molecule has 3 heterocycles. The van der Waals surface area contributed by atoms with Crippen LogP contribution in [0.15, 0.2) is 86.5 Å². The first kappa shape index (κ1) is 27.4. The van der Waals surface area contributed by atoms with Gasteiger partial charge in [0.25, 0.3) is 11.5 Å². The summed E-state index contributed by atoms with van der Waals surface area (Å²) in [6.45, 7) is 0.289. The standard InChI is InChI=1S/C29H26BrN7O5/c1-35-25-24(26(39)32-29(35)41)37(15-19(38)16-42-20-11-10-17-6-2-3-7-18(17)14-20)28(31-25)34-33-23-21-8-4-5-9-22(21)36(13-12-30)27(23)40/h2-11,14,19,38,40H,12-13,15-16H2,1H3,(H,32,39,41). The minimum Gasteiger partial charge on any atom is -0.493 e. The van der Waals surface area contributed by atoms with Gasteiger partial charge in [0.2, 0.25) is 5.88 Å². The Kier molecular flexibility index (Phi) is 7.35. The molecule has 0 spiro atoms. The lowest BCUT2D eigenvalue weighted by molar-refractivity contribution is 0.0938. The molecular weight excluding hydrogens is 606 g/mol. The number of aliphatic hydroxyl groups excluding tert-OH is 1. The highest BCUT2D eigenvalue weighted by Gasteiger charge is 2.21. The summed E-state index contributed by atoms with van der Waals surface area (Å²) in [5, 5.41) is 33.9. The second kappa shape index (κ2) is 11.3. The molecule has 0 aliphatic heterocycles. The highest BCUT2D eigenvalue weighted by molar-refractivity contribution is 9.09. The highest BCUT2D eigenvalue weighted by Crippen LogP contribution is 2.39. The van der Waals surface area contributed by atoms with Gasteiger partial charge in [0, 0.05) is 24.3 Å². The molecule has 0 amide bonds. The number of halogens is 1. The quantitative estimate of drug-likeness (QED) is 0.158. The fourth-order valence-corrected chi connectivity index (χ4v) is 5.32. The number of para-hydroxylation sites is 1. The number of aliphatic hydroxyl groups is 1. The number of aromatic nitrogens is 5. The second-order valence-corrected chi connectivity index (χ2v) is 10.5. The number of benzene rings is 3. The molecule has 0 aliphatic rings. The average Bonchev–Trinajstić information content (AvgIpc) is 3.48. The topological polar surface area (TPSA) is 152 Å². The van der Waals surface area contributed by atoms with Crippen LogP contribution in [0.25, 0.3) is 32.8 Å². The molecule has 6 rings (SSSR count). The predicted molar refractivity (Wildman–Crippen MR) is 163 cm³/mol. The molecule has 1 unspecified atom stereocenters. The Hall–Kier alpha value is -4.75. The third-order valence-electron chi connectivity index (χ3n) is 7.01. The van der Waals surface area contributed by atoms with E-state index >= 15 is 0 Å². The SMILES string of the molecule is Cn1c(=O)[nH]c(=O)c2c1nc(N=Nc1c(O)n(CCBr)c3ccccc13)n2CC(O)COc1ccc2ccccc2c1. The minimum absolute atomic E-state index is 0.0295. The van der Waals surface area contributed by atoms with E-state index in [1.807, 2.05) is 66.7 Å². The highest BCUT2D eigenvalue weighted by atomic mass is 79.9. The van der Waals surface area contributed by atoms with Crippen molar-refractivity contribution in [2.45, 2.75) is 19.2 Å². The number of H-pyrrole nitrogens is 1. The van der Waals surface area contributed by atoms with Crippen molar-refractivity contribution in [1.82, 2.24) is 23.7 Å². The van der Waals surface area contributed by atoms with Gasteiger partial charge in [-0.3, -0.25) is 18.9 Å². The number of rotatable bonds is 9. The van der Waals surface area contributed by atoms with Crippen LogP contribution in [0.5, 0.6) is 11.6 Å². The van der Waals surface area contributed by atoms with Crippen molar-refractivity contribution < 1.29 is 14.9 Å². The van der Waals surface area contributed by atoms with Crippen LogP contribution in [0.1, 0.15) is 0 Å². The molecule has 0 saturated heterocycles. The molecule has 3 N–H and O–H groups in total. The zero-order chi connectivity index (χ0) is 29.4. The third-order valence-corrected chi connectivity index (χ3v) is 7.36. The summed E-state index contributed by atoms with van der Waals surface area (Å²) >= 11 is 3.41. The van der Waals surface area contributed by atoms with Crippen LogP contribution >= 0.6 is 15.9 Å². The number of alkyl halides is 1. The molecule has 3 aromatic carbocycles. The molecule has 1 atom stereocenters. The van der Waals surface area contributed by atoms with Crippen molar-refractivity contribution in [2.24, 2.45) is 17.3 Å². The van der Waals surface area contributed by atoms with E-state index < -0.39 is 17.4 Å². The molecule has 0 fully saturated rings. The Morgan fingerprint density at radius 1 is 1.02 bits per heavy atom. The molecule has 0 radical (unpaired) electrons. The Labute approximate surface area is 246 Å². The van der Waals surface area contributed by atoms with Gasteiger partial charge in [-0.15, -0.1) is 10.2 Å². The van der Waals surface area contributed by atoms with Gasteiger partial charge in [-0.1, -0.05) is 64.5 Å². The van der Waals surface area contributed by atoms with Crippen LogP contribution in [0.4, 0.5) is 11.6 Å². The number of hydrogen-bond donors (Lipinski definition) is 3. The van der Waals surface area contributed by atoms with Crippen LogP contribution in [-0.2, 0) is 20.1 Å². The molecule has 3 aromatic heterocycles. The van der Waals surface area contributed by atoms with Crippen molar-refractivity contribution >= 4 is 60.4 Å². The summed E-state index contributed by atoms with van der Waals surface area (Å²) in [5.74, 6) is 0.480. The van der Waals surface area contributed by atoms with Crippen LogP contribution in [0, 0.1) is 0 Å². The lowest BCUT2D eigenvalue weighted by atomic mass is 10.1. The zero-order valence-electron chi connectivity index (χ0n) is 22.4. The van der Waals surface area contributed by atoms with E-state index in [2.05, 4.69) is 36.1 Å². The number of fused-ring (bicyclic) bond motifs is 3. The normalized spacial score (nSPS) is 12.6. The Morgan fingerprint density at radius 2 is 1.79 bits per heavy atom. The van der Waals surface area contributed by atoms with Crippen molar-refractivity contribution in [1.29, 1.82) is 0 Å². The van der Waals surface area contributed by atoms with Crippen LogP contribution < -0.4 is 16.0 Å². The summed E-state index contributed by atoms with van der Waals surface area (Å²) < 4.78 is 10.1. The minimum atomic E-state index is -1.08. The molecule has 6 aromatic rings. The lowest BCUT2D eigenvalue weighted by Crippen LogP contribution is -2.30. The number of aromatic amines is 1. The summed E-state index contributed by atoms with van der Waals surface area (Å²) in [6.07, 6.45) is -1.08. The maximum atomic E-state index is 12.9. The number of ether oxygens (including phenoxy) is 1. The van der Waals surface area contributed by atoms with Crippen LogP contribution in [-0.4, -0.2) is 51.9 Å². The summed E-state index contributed by atoms with van der Waals surface area (Å²) in [5.41, 5.74) is -0.198. The second-order valence-electron chi connectivity index (χ2n) is 9.72. The molecule has 13 heteroatoms. The van der Waals surface area contributed by atoms with Gasteiger partial charge in [-0.05, 0) is 29.0 Å². The Morgan fingerprint density at radius 3 is 2.60 bits per heavy atom. The lowest BCUT2D eigenvalue weighted by Gasteiger charge is -2.14. The molecule has 12 nitrogen and oxygen atoms in total. The number of nitrogens with one attached hydrogen (secondary N) is 1. The molecule has 0 bridgehead atoms. The first-order valence-corrected chi connectivity index (χ1v) is 14.2. The maximum absolute atomic E-state index is 12.9. The zero-order valence-corrected chi connectivity index (χ0v) is 24.0. The average molecular weight is 632 g/mol. The van der Waals surface area contributed by atoms with Crippen LogP contribution in [0.2, 0.25) is 0 Å². The largest absolute Gasteiger partial charge is 0.493 e.